The second-order valence-corrected chi connectivity index (χ2v) is 5.48. The van der Waals surface area contributed by atoms with Gasteiger partial charge in [-0.05, 0) is 37.5 Å². The molecule has 0 saturated carbocycles. The summed E-state index contributed by atoms with van der Waals surface area (Å²) in [5, 5.41) is 10.3. The highest BCUT2D eigenvalue weighted by Gasteiger charge is 2.14. The first kappa shape index (κ1) is 15.0. The Morgan fingerprint density at radius 3 is 2.35 bits per heavy atom. The van der Waals surface area contributed by atoms with Gasteiger partial charge in [0.15, 0.2) is 0 Å². The van der Waals surface area contributed by atoms with Crippen molar-refractivity contribution in [2.75, 3.05) is 5.32 Å². The van der Waals surface area contributed by atoms with Crippen LogP contribution < -0.4 is 5.32 Å². The quantitative estimate of drug-likeness (QED) is 0.754. The van der Waals surface area contributed by atoms with Gasteiger partial charge in [-0.1, -0.05) is 48.5 Å². The van der Waals surface area contributed by atoms with E-state index in [0.29, 0.717) is 5.56 Å². The van der Waals surface area contributed by atoms with Gasteiger partial charge in [-0.3, -0.25) is 9.89 Å². The molecule has 3 rings (SSSR count). The Morgan fingerprint density at radius 2 is 1.65 bits per heavy atom. The van der Waals surface area contributed by atoms with Gasteiger partial charge < -0.3 is 5.32 Å². The zero-order valence-electron chi connectivity index (χ0n) is 13.0. The summed E-state index contributed by atoms with van der Waals surface area (Å²) in [6, 6.07) is 19.5. The number of nitrogens with zero attached hydrogens (tertiary/aromatic N) is 1. The van der Waals surface area contributed by atoms with Crippen molar-refractivity contribution in [2.45, 2.75) is 19.8 Å². The lowest BCUT2D eigenvalue weighted by molar-refractivity contribution is 0.102. The molecule has 0 atom stereocenters. The molecule has 116 valence electrons. The highest BCUT2D eigenvalue weighted by molar-refractivity contribution is 6.04. The summed E-state index contributed by atoms with van der Waals surface area (Å²) in [5.74, 6) is -0.115. The second kappa shape index (κ2) is 6.92. The smallest absolute Gasteiger partial charge is 0.255 e. The summed E-state index contributed by atoms with van der Waals surface area (Å²) in [6.45, 7) is 1.92. The molecule has 0 unspecified atom stereocenters. The van der Waals surface area contributed by atoms with Crippen LogP contribution in [0.15, 0.2) is 60.7 Å². The van der Waals surface area contributed by atoms with Crippen LogP contribution in [0.25, 0.3) is 0 Å². The zero-order chi connectivity index (χ0) is 16.1. The number of benzene rings is 2. The van der Waals surface area contributed by atoms with Crippen molar-refractivity contribution >= 4 is 11.6 Å². The minimum Gasteiger partial charge on any atom is -0.319 e. The SMILES string of the molecule is Cc1[nH]nc(CCc2ccccc2)c1NC(=O)c1ccccc1. The average Bonchev–Trinajstić information content (AvgIpc) is 2.95. The summed E-state index contributed by atoms with van der Waals surface area (Å²) >= 11 is 0. The molecule has 4 nitrogen and oxygen atoms in total. The Kier molecular flexibility index (Phi) is 4.52. The number of carbonyl (C=O) groups is 1. The lowest BCUT2D eigenvalue weighted by Crippen LogP contribution is -2.13. The van der Waals surface area contributed by atoms with Gasteiger partial charge in [0, 0.05) is 5.56 Å². The van der Waals surface area contributed by atoms with E-state index in [-0.39, 0.29) is 5.91 Å². The van der Waals surface area contributed by atoms with Crippen molar-refractivity contribution in [3.63, 3.8) is 0 Å². The first-order valence-corrected chi connectivity index (χ1v) is 7.68. The molecule has 0 radical (unpaired) electrons. The highest BCUT2D eigenvalue weighted by atomic mass is 16.1. The van der Waals surface area contributed by atoms with E-state index in [1.165, 1.54) is 5.56 Å². The van der Waals surface area contributed by atoms with Crippen LogP contribution in [0.1, 0.15) is 27.3 Å². The van der Waals surface area contributed by atoms with E-state index in [9.17, 15) is 4.79 Å². The lowest BCUT2D eigenvalue weighted by Gasteiger charge is -2.07. The molecule has 2 aromatic carbocycles. The average molecular weight is 305 g/mol. The van der Waals surface area contributed by atoms with Crippen LogP contribution in [-0.4, -0.2) is 16.1 Å². The number of hydrogen-bond acceptors (Lipinski definition) is 2. The maximum Gasteiger partial charge on any atom is 0.255 e. The molecule has 0 bridgehead atoms. The minimum atomic E-state index is -0.115. The first-order valence-electron chi connectivity index (χ1n) is 7.68. The standard InChI is InChI=1S/C19H19N3O/c1-14-18(20-19(23)16-10-6-3-7-11-16)17(22-21-14)13-12-15-8-4-2-5-9-15/h2-11H,12-13H2,1H3,(H,20,23)(H,21,22). The monoisotopic (exact) mass is 305 g/mol. The molecule has 2 N–H and O–H groups in total. The Hall–Kier alpha value is -2.88. The summed E-state index contributed by atoms with van der Waals surface area (Å²) in [6.07, 6.45) is 1.66. The van der Waals surface area contributed by atoms with Crippen molar-refractivity contribution in [3.05, 3.63) is 83.2 Å². The van der Waals surface area contributed by atoms with E-state index in [0.717, 1.165) is 29.9 Å². The molecule has 4 heteroatoms. The minimum absolute atomic E-state index is 0.115. The Morgan fingerprint density at radius 1 is 1.00 bits per heavy atom. The number of aromatic amines is 1. The van der Waals surface area contributed by atoms with Crippen LogP contribution in [-0.2, 0) is 12.8 Å². The third kappa shape index (κ3) is 3.66. The maximum atomic E-state index is 12.3. The predicted molar refractivity (Wildman–Crippen MR) is 91.6 cm³/mol. The van der Waals surface area contributed by atoms with E-state index >= 15 is 0 Å². The molecule has 0 aliphatic rings. The summed E-state index contributed by atoms with van der Waals surface area (Å²) < 4.78 is 0. The molecule has 3 aromatic rings. The molecule has 0 saturated heterocycles. The number of carbonyl (C=O) groups excluding carboxylic acids is 1. The molecular formula is C19H19N3O. The highest BCUT2D eigenvalue weighted by Crippen LogP contribution is 2.20. The van der Waals surface area contributed by atoms with Crippen molar-refractivity contribution in [3.8, 4) is 0 Å². The largest absolute Gasteiger partial charge is 0.319 e. The molecule has 1 amide bonds. The fourth-order valence-corrected chi connectivity index (χ4v) is 2.51. The molecule has 1 heterocycles. The molecule has 0 spiro atoms. The van der Waals surface area contributed by atoms with Gasteiger partial charge in [-0.25, -0.2) is 0 Å². The van der Waals surface area contributed by atoms with Gasteiger partial charge in [0.05, 0.1) is 17.1 Å². The number of aromatic nitrogens is 2. The molecule has 23 heavy (non-hydrogen) atoms. The van der Waals surface area contributed by atoms with Crippen molar-refractivity contribution < 1.29 is 4.79 Å². The Balaban J connectivity index is 1.73. The topological polar surface area (TPSA) is 57.8 Å². The number of aryl methyl sites for hydroxylation is 3. The summed E-state index contributed by atoms with van der Waals surface area (Å²) in [4.78, 5) is 12.3. The number of rotatable bonds is 5. The molecule has 0 aliphatic carbocycles. The van der Waals surface area contributed by atoms with Gasteiger partial charge in [-0.2, -0.15) is 5.10 Å². The summed E-state index contributed by atoms with van der Waals surface area (Å²) in [5.41, 5.74) is 4.44. The van der Waals surface area contributed by atoms with Crippen LogP contribution >= 0.6 is 0 Å². The van der Waals surface area contributed by atoms with Gasteiger partial charge in [0.25, 0.3) is 5.91 Å². The van der Waals surface area contributed by atoms with Crippen molar-refractivity contribution in [2.24, 2.45) is 0 Å². The molecular weight excluding hydrogens is 286 g/mol. The fourth-order valence-electron chi connectivity index (χ4n) is 2.51. The number of amides is 1. The van der Waals surface area contributed by atoms with E-state index < -0.39 is 0 Å². The zero-order valence-corrected chi connectivity index (χ0v) is 13.0. The molecule has 1 aromatic heterocycles. The number of nitrogens with one attached hydrogen (secondary N) is 2. The van der Waals surface area contributed by atoms with Gasteiger partial charge in [0.2, 0.25) is 0 Å². The van der Waals surface area contributed by atoms with E-state index in [2.05, 4.69) is 27.6 Å². The summed E-state index contributed by atoms with van der Waals surface area (Å²) in [7, 11) is 0. The third-order valence-corrected chi connectivity index (χ3v) is 3.79. The Bertz CT molecular complexity index is 779. The van der Waals surface area contributed by atoms with Crippen molar-refractivity contribution in [1.29, 1.82) is 0 Å². The number of H-pyrrole nitrogens is 1. The van der Waals surface area contributed by atoms with Gasteiger partial charge in [-0.15, -0.1) is 0 Å². The van der Waals surface area contributed by atoms with Gasteiger partial charge >= 0.3 is 0 Å². The maximum absolute atomic E-state index is 12.3. The normalized spacial score (nSPS) is 10.5. The van der Waals surface area contributed by atoms with Crippen LogP contribution in [0.3, 0.4) is 0 Å². The van der Waals surface area contributed by atoms with Crippen LogP contribution in [0, 0.1) is 6.92 Å². The van der Waals surface area contributed by atoms with E-state index in [1.807, 2.05) is 43.3 Å². The van der Waals surface area contributed by atoms with Crippen LogP contribution in [0.4, 0.5) is 5.69 Å². The van der Waals surface area contributed by atoms with E-state index in [1.54, 1.807) is 12.1 Å². The van der Waals surface area contributed by atoms with Gasteiger partial charge in [0.1, 0.15) is 0 Å². The molecule has 0 fully saturated rings. The first-order chi connectivity index (χ1) is 11.2. The Labute approximate surface area is 135 Å². The lowest BCUT2D eigenvalue weighted by atomic mass is 10.1. The third-order valence-electron chi connectivity index (χ3n) is 3.79. The van der Waals surface area contributed by atoms with Crippen LogP contribution in [0.2, 0.25) is 0 Å². The second-order valence-electron chi connectivity index (χ2n) is 5.48. The van der Waals surface area contributed by atoms with E-state index in [4.69, 9.17) is 0 Å². The fraction of sp³-hybridized carbons (Fsp3) is 0.158. The van der Waals surface area contributed by atoms with Crippen LogP contribution in [0.5, 0.6) is 0 Å². The number of anilines is 1. The predicted octanol–water partition coefficient (Wildman–Crippen LogP) is 3.76. The number of hydrogen-bond donors (Lipinski definition) is 2. The molecule has 0 aliphatic heterocycles. The van der Waals surface area contributed by atoms with Crippen molar-refractivity contribution in [1.82, 2.24) is 10.2 Å².